The SMILES string of the molecule is Cc1ccc([C@@H](C)NC(=O)c2cc(Oc3nnc(C)s3)cc(-c3ncc(C)s3)c2)nn1. The number of hydrogen-bond acceptors (Lipinski definition) is 9. The lowest BCUT2D eigenvalue weighted by Crippen LogP contribution is -2.27. The number of ether oxygens (including phenoxy) is 1. The predicted octanol–water partition coefficient (Wildman–Crippen LogP) is 4.66. The first-order valence-corrected chi connectivity index (χ1v) is 11.2. The second-order valence-corrected chi connectivity index (χ2v) is 9.38. The van der Waals surface area contributed by atoms with E-state index >= 15 is 0 Å². The van der Waals surface area contributed by atoms with Crippen molar-refractivity contribution in [1.29, 1.82) is 0 Å². The number of carbonyl (C=O) groups is 1. The van der Waals surface area contributed by atoms with Crippen LogP contribution in [0.2, 0.25) is 0 Å². The maximum absolute atomic E-state index is 13.0. The molecule has 1 aromatic carbocycles. The zero-order valence-corrected chi connectivity index (χ0v) is 19.0. The Hall–Kier alpha value is -3.24. The summed E-state index contributed by atoms with van der Waals surface area (Å²) in [7, 11) is 0. The number of nitrogens with zero attached hydrogens (tertiary/aromatic N) is 5. The van der Waals surface area contributed by atoms with Crippen molar-refractivity contribution in [2.45, 2.75) is 33.7 Å². The van der Waals surface area contributed by atoms with E-state index in [1.165, 1.54) is 11.3 Å². The van der Waals surface area contributed by atoms with Gasteiger partial charge in [-0.15, -0.1) is 16.4 Å². The van der Waals surface area contributed by atoms with Crippen molar-refractivity contribution >= 4 is 28.6 Å². The molecule has 0 saturated heterocycles. The average Bonchev–Trinajstić information content (AvgIpc) is 3.36. The van der Waals surface area contributed by atoms with E-state index < -0.39 is 0 Å². The molecule has 1 atom stereocenters. The highest BCUT2D eigenvalue weighted by Gasteiger charge is 2.17. The molecule has 0 unspecified atom stereocenters. The van der Waals surface area contributed by atoms with Gasteiger partial charge in [0, 0.05) is 22.2 Å². The van der Waals surface area contributed by atoms with E-state index in [4.69, 9.17) is 4.74 Å². The molecule has 0 aliphatic rings. The molecule has 0 radical (unpaired) electrons. The fourth-order valence-electron chi connectivity index (χ4n) is 2.82. The van der Waals surface area contributed by atoms with Gasteiger partial charge >= 0.3 is 0 Å². The third-order valence-electron chi connectivity index (χ3n) is 4.36. The van der Waals surface area contributed by atoms with Gasteiger partial charge in [-0.25, -0.2) is 4.98 Å². The van der Waals surface area contributed by atoms with Crippen molar-refractivity contribution in [1.82, 2.24) is 30.7 Å². The van der Waals surface area contributed by atoms with Crippen LogP contribution in [0, 0.1) is 20.8 Å². The van der Waals surface area contributed by atoms with Crippen LogP contribution in [0.1, 0.15) is 44.6 Å². The Balaban J connectivity index is 1.63. The molecule has 158 valence electrons. The van der Waals surface area contributed by atoms with Gasteiger partial charge in [-0.3, -0.25) is 4.79 Å². The van der Waals surface area contributed by atoms with Crippen LogP contribution in [-0.4, -0.2) is 31.3 Å². The van der Waals surface area contributed by atoms with Crippen molar-refractivity contribution in [3.8, 4) is 21.5 Å². The highest BCUT2D eigenvalue weighted by molar-refractivity contribution is 7.15. The van der Waals surface area contributed by atoms with Crippen LogP contribution in [0.3, 0.4) is 0 Å². The Labute approximate surface area is 187 Å². The zero-order valence-electron chi connectivity index (χ0n) is 17.4. The van der Waals surface area contributed by atoms with Gasteiger partial charge in [0.25, 0.3) is 11.1 Å². The van der Waals surface area contributed by atoms with Crippen LogP contribution < -0.4 is 10.1 Å². The highest BCUT2D eigenvalue weighted by atomic mass is 32.1. The molecule has 4 aromatic rings. The first-order valence-electron chi connectivity index (χ1n) is 9.54. The first kappa shape index (κ1) is 21.0. The molecule has 0 aliphatic carbocycles. The fourth-order valence-corrected chi connectivity index (χ4v) is 4.12. The van der Waals surface area contributed by atoms with E-state index in [1.807, 2.05) is 45.9 Å². The third kappa shape index (κ3) is 5.09. The largest absolute Gasteiger partial charge is 0.430 e. The topological polar surface area (TPSA) is 103 Å². The first-order chi connectivity index (χ1) is 14.9. The number of nitrogens with one attached hydrogen (secondary N) is 1. The summed E-state index contributed by atoms with van der Waals surface area (Å²) < 4.78 is 5.88. The van der Waals surface area contributed by atoms with E-state index in [0.717, 1.165) is 26.1 Å². The van der Waals surface area contributed by atoms with Crippen LogP contribution in [0.25, 0.3) is 10.6 Å². The Morgan fingerprint density at radius 1 is 1.03 bits per heavy atom. The fraction of sp³-hybridized carbons (Fsp3) is 0.238. The van der Waals surface area contributed by atoms with E-state index in [0.29, 0.717) is 22.2 Å². The van der Waals surface area contributed by atoms with Crippen LogP contribution >= 0.6 is 22.7 Å². The number of benzene rings is 1. The molecule has 0 fully saturated rings. The number of hydrogen-bond donors (Lipinski definition) is 1. The van der Waals surface area contributed by atoms with Crippen molar-refractivity contribution in [2.24, 2.45) is 0 Å². The summed E-state index contributed by atoms with van der Waals surface area (Å²) in [6.07, 6.45) is 1.81. The van der Waals surface area contributed by atoms with Crippen LogP contribution in [0.15, 0.2) is 36.5 Å². The maximum atomic E-state index is 13.0. The number of rotatable bonds is 6. The van der Waals surface area contributed by atoms with Crippen molar-refractivity contribution in [2.75, 3.05) is 0 Å². The van der Waals surface area contributed by atoms with Crippen LogP contribution in [0.4, 0.5) is 0 Å². The zero-order chi connectivity index (χ0) is 22.0. The summed E-state index contributed by atoms with van der Waals surface area (Å²) in [5, 5.41) is 21.2. The summed E-state index contributed by atoms with van der Waals surface area (Å²) in [4.78, 5) is 18.6. The lowest BCUT2D eigenvalue weighted by atomic mass is 10.1. The Bertz CT molecular complexity index is 1220. The minimum Gasteiger partial charge on any atom is -0.430 e. The van der Waals surface area contributed by atoms with Crippen LogP contribution in [0.5, 0.6) is 10.9 Å². The molecule has 3 heterocycles. The molecule has 3 aromatic heterocycles. The number of aryl methyl sites for hydroxylation is 3. The van der Waals surface area contributed by atoms with Crippen molar-refractivity contribution in [3.05, 3.63) is 63.4 Å². The molecule has 0 spiro atoms. The van der Waals surface area contributed by atoms with E-state index in [1.54, 1.807) is 29.7 Å². The van der Waals surface area contributed by atoms with Gasteiger partial charge in [-0.2, -0.15) is 10.2 Å². The summed E-state index contributed by atoms with van der Waals surface area (Å²) in [5.41, 5.74) is 2.76. The summed E-state index contributed by atoms with van der Waals surface area (Å²) in [5.74, 6) is 0.248. The quantitative estimate of drug-likeness (QED) is 0.454. The average molecular weight is 453 g/mol. The lowest BCUT2D eigenvalue weighted by Gasteiger charge is -2.14. The normalized spacial score (nSPS) is 11.9. The molecule has 1 amide bonds. The van der Waals surface area contributed by atoms with Crippen LogP contribution in [-0.2, 0) is 0 Å². The number of carbonyl (C=O) groups excluding carboxylic acids is 1. The molecule has 0 saturated carbocycles. The Kier molecular flexibility index (Phi) is 6.01. The molecule has 1 N–H and O–H groups in total. The van der Waals surface area contributed by atoms with Gasteiger partial charge in [-0.1, -0.05) is 16.4 Å². The number of aromatic nitrogens is 5. The molecule has 0 aliphatic heterocycles. The van der Waals surface area contributed by atoms with Gasteiger partial charge < -0.3 is 10.1 Å². The van der Waals surface area contributed by atoms with E-state index in [-0.39, 0.29) is 11.9 Å². The van der Waals surface area contributed by atoms with Gasteiger partial charge in [0.2, 0.25) is 0 Å². The lowest BCUT2D eigenvalue weighted by molar-refractivity contribution is 0.0938. The van der Waals surface area contributed by atoms with Crippen molar-refractivity contribution < 1.29 is 9.53 Å². The van der Waals surface area contributed by atoms with E-state index in [2.05, 4.69) is 30.7 Å². The molecular formula is C21H20N6O2S2. The molecule has 0 bridgehead atoms. The van der Waals surface area contributed by atoms with Gasteiger partial charge in [0.05, 0.1) is 17.4 Å². The Morgan fingerprint density at radius 3 is 2.52 bits per heavy atom. The summed E-state index contributed by atoms with van der Waals surface area (Å²) >= 11 is 2.89. The molecule has 31 heavy (non-hydrogen) atoms. The second-order valence-electron chi connectivity index (χ2n) is 7.01. The van der Waals surface area contributed by atoms with Gasteiger partial charge in [-0.05, 0) is 58.0 Å². The van der Waals surface area contributed by atoms with E-state index in [9.17, 15) is 4.79 Å². The third-order valence-corrected chi connectivity index (χ3v) is 6.04. The Morgan fingerprint density at radius 2 is 1.87 bits per heavy atom. The molecule has 4 rings (SSSR count). The predicted molar refractivity (Wildman–Crippen MR) is 120 cm³/mol. The maximum Gasteiger partial charge on any atom is 0.299 e. The second kappa shape index (κ2) is 8.86. The summed E-state index contributed by atoms with van der Waals surface area (Å²) in [6, 6.07) is 8.76. The highest BCUT2D eigenvalue weighted by Crippen LogP contribution is 2.32. The minimum atomic E-state index is -0.304. The number of amides is 1. The molecular weight excluding hydrogens is 432 g/mol. The van der Waals surface area contributed by atoms with Crippen molar-refractivity contribution in [3.63, 3.8) is 0 Å². The monoisotopic (exact) mass is 452 g/mol. The molecule has 10 heteroatoms. The van der Waals surface area contributed by atoms with Gasteiger partial charge in [0.15, 0.2) is 0 Å². The van der Waals surface area contributed by atoms with Gasteiger partial charge in [0.1, 0.15) is 15.8 Å². The summed E-state index contributed by atoms with van der Waals surface area (Å²) in [6.45, 7) is 7.58. The molecule has 8 nitrogen and oxygen atoms in total. The number of thiazole rings is 1. The standard InChI is InChI=1S/C21H20N6O2S2/c1-11-5-6-18(26-24-11)13(3)23-19(28)15-7-16(20-22-10-12(2)30-20)9-17(8-15)29-21-27-25-14(4)31-21/h5-10,13H,1-4H3,(H,23,28)/t13-/m1/s1. The smallest absolute Gasteiger partial charge is 0.299 e. The minimum absolute atomic E-state index is 0.247.